The van der Waals surface area contributed by atoms with Crippen LogP contribution in [0.2, 0.25) is 0 Å². The maximum Gasteiger partial charge on any atom is 0.387 e. The maximum absolute atomic E-state index is 12.2. The van der Waals surface area contributed by atoms with Crippen molar-refractivity contribution in [3.05, 3.63) is 78.4 Å². The highest BCUT2D eigenvalue weighted by Gasteiger charge is 2.05. The SMILES string of the molecule is FC(F)Oc1ccc(C=Nc2ccc(-c3nc4ccccc4[nH]3)cc2)cc1. The summed E-state index contributed by atoms with van der Waals surface area (Å²) in [5, 5.41) is 0. The van der Waals surface area contributed by atoms with E-state index >= 15 is 0 Å². The average molecular weight is 363 g/mol. The number of hydrogen-bond acceptors (Lipinski definition) is 3. The normalized spacial score (nSPS) is 11.5. The molecule has 0 radical (unpaired) electrons. The number of nitrogens with zero attached hydrogens (tertiary/aromatic N) is 2. The monoisotopic (exact) mass is 363 g/mol. The van der Waals surface area contributed by atoms with Crippen molar-refractivity contribution in [2.75, 3.05) is 0 Å². The van der Waals surface area contributed by atoms with E-state index in [4.69, 9.17) is 0 Å². The highest BCUT2D eigenvalue weighted by molar-refractivity contribution is 5.82. The number of hydrogen-bond donors (Lipinski definition) is 1. The van der Waals surface area contributed by atoms with E-state index < -0.39 is 6.61 Å². The minimum absolute atomic E-state index is 0.123. The third kappa shape index (κ3) is 4.00. The van der Waals surface area contributed by atoms with Crippen LogP contribution in [0, 0.1) is 0 Å². The number of aromatic nitrogens is 2. The van der Waals surface area contributed by atoms with Crippen LogP contribution in [-0.2, 0) is 0 Å². The Morgan fingerprint density at radius 1 is 0.926 bits per heavy atom. The molecule has 4 aromatic rings. The fourth-order valence-corrected chi connectivity index (χ4v) is 2.68. The van der Waals surface area contributed by atoms with Crippen LogP contribution in [0.3, 0.4) is 0 Å². The molecule has 27 heavy (non-hydrogen) atoms. The molecule has 1 heterocycles. The lowest BCUT2D eigenvalue weighted by molar-refractivity contribution is -0.0498. The number of imidazole rings is 1. The van der Waals surface area contributed by atoms with E-state index in [9.17, 15) is 8.78 Å². The Labute approximate surface area is 154 Å². The standard InChI is InChI=1S/C21H15F2N3O/c22-21(23)27-17-11-5-14(6-12-17)13-24-16-9-7-15(8-10-16)20-25-18-3-1-2-4-19(18)26-20/h1-13,21H,(H,25,26). The predicted molar refractivity (Wildman–Crippen MR) is 102 cm³/mol. The molecule has 1 N–H and O–H groups in total. The largest absolute Gasteiger partial charge is 0.435 e. The zero-order chi connectivity index (χ0) is 18.6. The fraction of sp³-hybridized carbons (Fsp3) is 0.0476. The van der Waals surface area contributed by atoms with Crippen molar-refractivity contribution in [2.24, 2.45) is 4.99 Å². The molecule has 4 rings (SSSR count). The van der Waals surface area contributed by atoms with Crippen molar-refractivity contribution in [3.63, 3.8) is 0 Å². The van der Waals surface area contributed by atoms with E-state index in [1.165, 1.54) is 12.1 Å². The van der Waals surface area contributed by atoms with E-state index in [1.54, 1.807) is 18.3 Å². The molecule has 0 spiro atoms. The number of ether oxygens (including phenoxy) is 1. The Kier molecular flexibility index (Phi) is 4.61. The Morgan fingerprint density at radius 2 is 1.67 bits per heavy atom. The molecule has 0 bridgehead atoms. The van der Waals surface area contributed by atoms with Gasteiger partial charge in [-0.2, -0.15) is 8.78 Å². The van der Waals surface area contributed by atoms with Gasteiger partial charge in [-0.25, -0.2) is 4.98 Å². The quantitative estimate of drug-likeness (QED) is 0.471. The second kappa shape index (κ2) is 7.37. The van der Waals surface area contributed by atoms with Gasteiger partial charge in [0, 0.05) is 11.8 Å². The summed E-state index contributed by atoms with van der Waals surface area (Å²) in [6.07, 6.45) is 1.67. The van der Waals surface area contributed by atoms with Gasteiger partial charge in [-0.05, 0) is 66.2 Å². The maximum atomic E-state index is 12.2. The van der Waals surface area contributed by atoms with E-state index in [1.807, 2.05) is 48.5 Å². The van der Waals surface area contributed by atoms with E-state index in [-0.39, 0.29) is 5.75 Å². The summed E-state index contributed by atoms with van der Waals surface area (Å²) in [6.45, 7) is -2.82. The number of halogens is 2. The molecule has 0 aliphatic rings. The molecule has 3 aromatic carbocycles. The van der Waals surface area contributed by atoms with Gasteiger partial charge in [0.15, 0.2) is 0 Å². The number of H-pyrrole nitrogens is 1. The number of benzene rings is 3. The summed E-state index contributed by atoms with van der Waals surface area (Å²) >= 11 is 0. The van der Waals surface area contributed by atoms with Crippen LogP contribution in [0.4, 0.5) is 14.5 Å². The molecule has 0 fully saturated rings. The van der Waals surface area contributed by atoms with Crippen molar-refractivity contribution < 1.29 is 13.5 Å². The molecule has 0 saturated carbocycles. The summed E-state index contributed by atoms with van der Waals surface area (Å²) in [5.41, 5.74) is 4.46. The smallest absolute Gasteiger partial charge is 0.387 e. The van der Waals surface area contributed by atoms with Gasteiger partial charge in [-0.1, -0.05) is 12.1 Å². The summed E-state index contributed by atoms with van der Waals surface area (Å²) in [7, 11) is 0. The zero-order valence-electron chi connectivity index (χ0n) is 14.1. The Bertz CT molecular complexity index is 1040. The third-order valence-corrected chi connectivity index (χ3v) is 4.00. The Morgan fingerprint density at radius 3 is 2.37 bits per heavy atom. The first-order valence-corrected chi connectivity index (χ1v) is 8.31. The molecule has 134 valence electrons. The van der Waals surface area contributed by atoms with Crippen LogP contribution >= 0.6 is 0 Å². The second-order valence-corrected chi connectivity index (χ2v) is 5.86. The molecule has 0 unspecified atom stereocenters. The third-order valence-electron chi connectivity index (χ3n) is 4.00. The fourth-order valence-electron chi connectivity index (χ4n) is 2.68. The van der Waals surface area contributed by atoms with Crippen LogP contribution < -0.4 is 4.74 Å². The van der Waals surface area contributed by atoms with Gasteiger partial charge in [-0.3, -0.25) is 4.99 Å². The van der Waals surface area contributed by atoms with Crippen LogP contribution in [0.1, 0.15) is 5.56 Å². The van der Waals surface area contributed by atoms with E-state index in [2.05, 4.69) is 19.7 Å². The summed E-state index contributed by atoms with van der Waals surface area (Å²) in [5.74, 6) is 0.929. The van der Waals surface area contributed by atoms with Crippen LogP contribution in [0.15, 0.2) is 77.8 Å². The second-order valence-electron chi connectivity index (χ2n) is 5.86. The van der Waals surface area contributed by atoms with Crippen LogP contribution in [0.5, 0.6) is 5.75 Å². The number of nitrogens with one attached hydrogen (secondary N) is 1. The summed E-state index contributed by atoms with van der Waals surface area (Å²) < 4.78 is 28.6. The molecular weight excluding hydrogens is 348 g/mol. The predicted octanol–water partition coefficient (Wildman–Crippen LogP) is 5.58. The van der Waals surface area contributed by atoms with Crippen molar-refractivity contribution in [1.29, 1.82) is 0 Å². The van der Waals surface area contributed by atoms with Gasteiger partial charge in [-0.15, -0.1) is 0 Å². The van der Waals surface area contributed by atoms with Gasteiger partial charge in [0.1, 0.15) is 11.6 Å². The van der Waals surface area contributed by atoms with Crippen molar-refractivity contribution in [3.8, 4) is 17.1 Å². The first kappa shape index (κ1) is 16.9. The van der Waals surface area contributed by atoms with Gasteiger partial charge in [0.05, 0.1) is 16.7 Å². The summed E-state index contributed by atoms with van der Waals surface area (Å²) in [6, 6.07) is 21.9. The minimum atomic E-state index is -2.82. The van der Waals surface area contributed by atoms with E-state index in [0.717, 1.165) is 33.7 Å². The van der Waals surface area contributed by atoms with Crippen molar-refractivity contribution in [1.82, 2.24) is 9.97 Å². The number of aromatic amines is 1. The lowest BCUT2D eigenvalue weighted by Crippen LogP contribution is -2.01. The van der Waals surface area contributed by atoms with Gasteiger partial charge in [0.25, 0.3) is 0 Å². The minimum Gasteiger partial charge on any atom is -0.435 e. The lowest BCUT2D eigenvalue weighted by atomic mass is 10.2. The first-order chi connectivity index (χ1) is 13.2. The molecule has 0 aliphatic heterocycles. The number of rotatable bonds is 5. The zero-order valence-corrected chi connectivity index (χ0v) is 14.1. The van der Waals surface area contributed by atoms with Gasteiger partial charge in [0.2, 0.25) is 0 Å². The van der Waals surface area contributed by atoms with Crippen LogP contribution in [0.25, 0.3) is 22.4 Å². The number of alkyl halides is 2. The number of fused-ring (bicyclic) bond motifs is 1. The molecule has 1 aromatic heterocycles. The Balaban J connectivity index is 1.48. The van der Waals surface area contributed by atoms with E-state index in [0.29, 0.717) is 0 Å². The first-order valence-electron chi connectivity index (χ1n) is 8.31. The van der Waals surface area contributed by atoms with Crippen molar-refractivity contribution in [2.45, 2.75) is 6.61 Å². The number of aliphatic imine (C=N–C) groups is 1. The van der Waals surface area contributed by atoms with Crippen LogP contribution in [-0.4, -0.2) is 22.8 Å². The molecular formula is C21H15F2N3O. The van der Waals surface area contributed by atoms with Gasteiger partial charge >= 0.3 is 6.61 Å². The summed E-state index contributed by atoms with van der Waals surface area (Å²) in [4.78, 5) is 12.3. The molecule has 4 nitrogen and oxygen atoms in total. The number of para-hydroxylation sites is 2. The topological polar surface area (TPSA) is 50.3 Å². The molecule has 6 heteroatoms. The molecule has 0 atom stereocenters. The van der Waals surface area contributed by atoms with Gasteiger partial charge < -0.3 is 9.72 Å². The molecule has 0 amide bonds. The highest BCUT2D eigenvalue weighted by Crippen LogP contribution is 2.23. The Hall–Kier alpha value is -3.54. The average Bonchev–Trinajstić information content (AvgIpc) is 3.12. The molecule has 0 aliphatic carbocycles. The molecule has 0 saturated heterocycles. The highest BCUT2D eigenvalue weighted by atomic mass is 19.3. The van der Waals surface area contributed by atoms with Crippen molar-refractivity contribution >= 4 is 22.9 Å². The lowest BCUT2D eigenvalue weighted by Gasteiger charge is -2.03.